The van der Waals surface area contributed by atoms with E-state index in [2.05, 4.69) is 40.0 Å². The number of piperidine rings is 1. The molecule has 1 saturated heterocycles. The van der Waals surface area contributed by atoms with Crippen molar-refractivity contribution in [2.24, 2.45) is 5.92 Å². The van der Waals surface area contributed by atoms with E-state index in [4.69, 9.17) is 5.73 Å². The molecule has 1 aliphatic rings. The van der Waals surface area contributed by atoms with Crippen molar-refractivity contribution in [3.05, 3.63) is 28.2 Å². The minimum absolute atomic E-state index is 0.766. The molecule has 0 aliphatic carbocycles. The minimum Gasteiger partial charge on any atom is -0.398 e. The number of anilines is 1. The van der Waals surface area contributed by atoms with E-state index in [-0.39, 0.29) is 0 Å². The Kier molecular flexibility index (Phi) is 3.87. The Morgan fingerprint density at radius 2 is 2.31 bits per heavy atom. The molecule has 1 heterocycles. The molecule has 0 radical (unpaired) electrons. The molecule has 1 atom stereocenters. The zero-order valence-corrected chi connectivity index (χ0v) is 11.3. The SMILES string of the molecule is CN1CCCC(Cc2ccc(Br)cc2N)C1. The van der Waals surface area contributed by atoms with Crippen LogP contribution in [-0.4, -0.2) is 25.0 Å². The quantitative estimate of drug-likeness (QED) is 0.846. The molecule has 0 aromatic heterocycles. The zero-order valence-electron chi connectivity index (χ0n) is 9.75. The second kappa shape index (κ2) is 5.19. The molecule has 1 fully saturated rings. The predicted octanol–water partition coefficient (Wildman–Crippen LogP) is 2.92. The summed E-state index contributed by atoms with van der Waals surface area (Å²) in [4.78, 5) is 2.42. The normalized spacial score (nSPS) is 22.2. The van der Waals surface area contributed by atoms with E-state index in [1.54, 1.807) is 0 Å². The van der Waals surface area contributed by atoms with E-state index in [1.165, 1.54) is 31.5 Å². The summed E-state index contributed by atoms with van der Waals surface area (Å²) in [5, 5.41) is 0. The summed E-state index contributed by atoms with van der Waals surface area (Å²) >= 11 is 3.44. The van der Waals surface area contributed by atoms with Gasteiger partial charge in [0.05, 0.1) is 0 Å². The largest absolute Gasteiger partial charge is 0.398 e. The highest BCUT2D eigenvalue weighted by atomic mass is 79.9. The van der Waals surface area contributed by atoms with Crippen molar-refractivity contribution in [3.8, 4) is 0 Å². The van der Waals surface area contributed by atoms with Gasteiger partial charge in [0.25, 0.3) is 0 Å². The molecule has 0 saturated carbocycles. The fourth-order valence-corrected chi connectivity index (χ4v) is 2.88. The van der Waals surface area contributed by atoms with Crippen LogP contribution in [0.2, 0.25) is 0 Å². The maximum absolute atomic E-state index is 6.03. The van der Waals surface area contributed by atoms with Gasteiger partial charge in [0, 0.05) is 16.7 Å². The Morgan fingerprint density at radius 3 is 3.00 bits per heavy atom. The van der Waals surface area contributed by atoms with Crippen molar-refractivity contribution in [1.82, 2.24) is 4.90 Å². The maximum Gasteiger partial charge on any atom is 0.0357 e. The lowest BCUT2D eigenvalue weighted by molar-refractivity contribution is 0.209. The number of nitrogens with two attached hydrogens (primary N) is 1. The molecule has 16 heavy (non-hydrogen) atoms. The van der Waals surface area contributed by atoms with Gasteiger partial charge in [-0.1, -0.05) is 22.0 Å². The highest BCUT2D eigenvalue weighted by molar-refractivity contribution is 9.10. The number of halogens is 1. The van der Waals surface area contributed by atoms with Gasteiger partial charge in [-0.15, -0.1) is 0 Å². The van der Waals surface area contributed by atoms with E-state index < -0.39 is 0 Å². The van der Waals surface area contributed by atoms with Gasteiger partial charge < -0.3 is 10.6 Å². The van der Waals surface area contributed by atoms with Crippen molar-refractivity contribution < 1.29 is 0 Å². The number of hydrogen-bond acceptors (Lipinski definition) is 2. The first-order valence-electron chi connectivity index (χ1n) is 5.87. The number of nitrogens with zero attached hydrogens (tertiary/aromatic N) is 1. The lowest BCUT2D eigenvalue weighted by Crippen LogP contribution is -2.33. The first-order chi connectivity index (χ1) is 7.65. The zero-order chi connectivity index (χ0) is 11.5. The Balaban J connectivity index is 2.02. The van der Waals surface area contributed by atoms with Crippen LogP contribution in [0.1, 0.15) is 18.4 Å². The summed E-state index contributed by atoms with van der Waals surface area (Å²) < 4.78 is 1.06. The summed E-state index contributed by atoms with van der Waals surface area (Å²) in [6.07, 6.45) is 3.76. The molecule has 1 aromatic carbocycles. The molecule has 1 aromatic rings. The summed E-state index contributed by atoms with van der Waals surface area (Å²) in [5.41, 5.74) is 8.24. The maximum atomic E-state index is 6.03. The molecule has 0 amide bonds. The van der Waals surface area contributed by atoms with Crippen molar-refractivity contribution in [3.63, 3.8) is 0 Å². The topological polar surface area (TPSA) is 29.3 Å². The Bertz CT molecular complexity index is 365. The number of hydrogen-bond donors (Lipinski definition) is 1. The average Bonchev–Trinajstić information content (AvgIpc) is 2.22. The molecule has 0 spiro atoms. The molecule has 2 nitrogen and oxygen atoms in total. The van der Waals surface area contributed by atoms with Crippen LogP contribution < -0.4 is 5.73 Å². The Hall–Kier alpha value is -0.540. The molecule has 2 N–H and O–H groups in total. The molecule has 2 rings (SSSR count). The fourth-order valence-electron chi connectivity index (χ4n) is 2.50. The lowest BCUT2D eigenvalue weighted by atomic mass is 9.91. The van der Waals surface area contributed by atoms with Crippen LogP contribution in [0.4, 0.5) is 5.69 Å². The van der Waals surface area contributed by atoms with Gasteiger partial charge in [-0.2, -0.15) is 0 Å². The average molecular weight is 283 g/mol. The monoisotopic (exact) mass is 282 g/mol. The number of likely N-dealkylation sites (tertiary alicyclic amines) is 1. The van der Waals surface area contributed by atoms with Gasteiger partial charge in [0.15, 0.2) is 0 Å². The molecule has 3 heteroatoms. The third-order valence-electron chi connectivity index (χ3n) is 3.34. The summed E-state index contributed by atoms with van der Waals surface area (Å²) in [7, 11) is 2.21. The van der Waals surface area contributed by atoms with Crippen LogP contribution in [0, 0.1) is 5.92 Å². The van der Waals surface area contributed by atoms with Crippen molar-refractivity contribution in [2.45, 2.75) is 19.3 Å². The minimum atomic E-state index is 0.766. The van der Waals surface area contributed by atoms with Gasteiger partial charge in [-0.05, 0) is 56.5 Å². The number of nitrogen functional groups attached to an aromatic ring is 1. The first kappa shape index (κ1) is 11.9. The molecule has 0 bridgehead atoms. The summed E-state index contributed by atoms with van der Waals surface area (Å²) in [6.45, 7) is 2.45. The first-order valence-corrected chi connectivity index (χ1v) is 6.67. The summed E-state index contributed by atoms with van der Waals surface area (Å²) in [5.74, 6) is 0.766. The van der Waals surface area contributed by atoms with Crippen LogP contribution >= 0.6 is 15.9 Å². The van der Waals surface area contributed by atoms with Crippen molar-refractivity contribution in [1.29, 1.82) is 0 Å². The third kappa shape index (κ3) is 2.98. The molecule has 1 aliphatic heterocycles. The van der Waals surface area contributed by atoms with Crippen molar-refractivity contribution >= 4 is 21.6 Å². The predicted molar refractivity (Wildman–Crippen MR) is 72.5 cm³/mol. The van der Waals surface area contributed by atoms with Crippen LogP contribution in [0.15, 0.2) is 22.7 Å². The van der Waals surface area contributed by atoms with Gasteiger partial charge >= 0.3 is 0 Å². The highest BCUT2D eigenvalue weighted by Gasteiger charge is 2.18. The van der Waals surface area contributed by atoms with Crippen LogP contribution in [-0.2, 0) is 6.42 Å². The van der Waals surface area contributed by atoms with E-state index in [9.17, 15) is 0 Å². The molecular formula is C13H19BrN2. The van der Waals surface area contributed by atoms with E-state index in [1.807, 2.05) is 6.07 Å². The van der Waals surface area contributed by atoms with Gasteiger partial charge in [0.2, 0.25) is 0 Å². The fraction of sp³-hybridized carbons (Fsp3) is 0.538. The van der Waals surface area contributed by atoms with Crippen LogP contribution in [0.5, 0.6) is 0 Å². The second-order valence-corrected chi connectivity index (χ2v) is 5.73. The third-order valence-corrected chi connectivity index (χ3v) is 3.83. The molecular weight excluding hydrogens is 264 g/mol. The number of rotatable bonds is 2. The van der Waals surface area contributed by atoms with Crippen LogP contribution in [0.3, 0.4) is 0 Å². The standard InChI is InChI=1S/C13H19BrN2/c1-16-6-2-3-10(9-16)7-11-4-5-12(14)8-13(11)15/h4-5,8,10H,2-3,6-7,9,15H2,1H3. The van der Waals surface area contributed by atoms with E-state index in [0.717, 1.165) is 22.5 Å². The molecule has 1 unspecified atom stereocenters. The smallest absolute Gasteiger partial charge is 0.0357 e. The highest BCUT2D eigenvalue weighted by Crippen LogP contribution is 2.25. The molecule has 88 valence electrons. The van der Waals surface area contributed by atoms with Crippen LogP contribution in [0.25, 0.3) is 0 Å². The van der Waals surface area contributed by atoms with E-state index >= 15 is 0 Å². The van der Waals surface area contributed by atoms with Gasteiger partial charge in [0.1, 0.15) is 0 Å². The van der Waals surface area contributed by atoms with Gasteiger partial charge in [-0.25, -0.2) is 0 Å². The Morgan fingerprint density at radius 1 is 1.50 bits per heavy atom. The van der Waals surface area contributed by atoms with Crippen molar-refractivity contribution in [2.75, 3.05) is 25.9 Å². The Labute approximate surface area is 106 Å². The lowest BCUT2D eigenvalue weighted by Gasteiger charge is -2.30. The van der Waals surface area contributed by atoms with Gasteiger partial charge in [-0.3, -0.25) is 0 Å². The second-order valence-electron chi connectivity index (χ2n) is 4.82. The number of benzene rings is 1. The summed E-state index contributed by atoms with van der Waals surface area (Å²) in [6, 6.07) is 6.23. The van der Waals surface area contributed by atoms with E-state index in [0.29, 0.717) is 0 Å².